The molecule has 0 bridgehead atoms. The summed E-state index contributed by atoms with van der Waals surface area (Å²) in [5.41, 5.74) is -0.917. The van der Waals surface area contributed by atoms with Crippen molar-refractivity contribution in [1.82, 2.24) is 0 Å². The second kappa shape index (κ2) is 11.1. The normalized spacial score (nSPS) is 10.9. The van der Waals surface area contributed by atoms with Crippen LogP contribution in [0.5, 0.6) is 11.5 Å². The van der Waals surface area contributed by atoms with Crippen LogP contribution in [0.2, 0.25) is 5.02 Å². The maximum absolute atomic E-state index is 12.7. The Hall–Kier alpha value is -3.79. The lowest BCUT2D eigenvalue weighted by Gasteiger charge is -2.13. The molecular weight excluding hydrogens is 612 g/mol. The molecule has 0 aromatic heterocycles. The van der Waals surface area contributed by atoms with Gasteiger partial charge in [0, 0.05) is 16.1 Å². The van der Waals surface area contributed by atoms with Crippen molar-refractivity contribution in [3.63, 3.8) is 0 Å². The molecule has 1 amide bonds. The average molecular weight is 623 g/mol. The number of carbonyl (C=O) groups excluding carboxylic acids is 1. The number of nitriles is 1. The van der Waals surface area contributed by atoms with Crippen LogP contribution in [0.3, 0.4) is 0 Å². The van der Waals surface area contributed by atoms with Gasteiger partial charge in [0.25, 0.3) is 11.6 Å². The zero-order valence-corrected chi connectivity index (χ0v) is 21.1. The minimum absolute atomic E-state index is 0.0310. The Bertz CT molecular complexity index is 1440. The summed E-state index contributed by atoms with van der Waals surface area (Å²) in [6.07, 6.45) is 1.23. The predicted octanol–water partition coefficient (Wildman–Crippen LogP) is 7.02. The molecule has 0 fully saturated rings. The predicted molar refractivity (Wildman–Crippen MR) is 135 cm³/mol. The SMILES string of the molecule is N#C/C(=C\c1cc(Br)cc(Br)c1Oc1ccc([N+](=O)[O-])cc1[N+](=O)[O-])C(=O)Nc1ccccc1Cl. The number of hydrogen-bond acceptors (Lipinski definition) is 7. The lowest BCUT2D eigenvalue weighted by molar-refractivity contribution is -0.394. The number of nitrogens with one attached hydrogen (secondary N) is 1. The van der Waals surface area contributed by atoms with E-state index in [-0.39, 0.29) is 27.7 Å². The number of nitro groups is 2. The third-order valence-electron chi connectivity index (χ3n) is 4.39. The summed E-state index contributed by atoms with van der Waals surface area (Å²) < 4.78 is 6.62. The van der Waals surface area contributed by atoms with Gasteiger partial charge in [0.05, 0.1) is 31.1 Å². The minimum Gasteiger partial charge on any atom is -0.448 e. The molecule has 0 heterocycles. The Balaban J connectivity index is 2.05. The maximum atomic E-state index is 12.7. The smallest absolute Gasteiger partial charge is 0.318 e. The van der Waals surface area contributed by atoms with Crippen LogP contribution >= 0.6 is 43.5 Å². The van der Waals surface area contributed by atoms with Crippen molar-refractivity contribution in [1.29, 1.82) is 5.26 Å². The zero-order chi connectivity index (χ0) is 25.7. The van der Waals surface area contributed by atoms with Crippen LogP contribution in [0.25, 0.3) is 6.08 Å². The van der Waals surface area contributed by atoms with Crippen molar-refractivity contribution in [3.05, 3.63) is 99.9 Å². The van der Waals surface area contributed by atoms with Gasteiger partial charge in [0.1, 0.15) is 17.4 Å². The first-order valence-corrected chi connectivity index (χ1v) is 11.3. The van der Waals surface area contributed by atoms with Gasteiger partial charge in [-0.25, -0.2) is 0 Å². The number of para-hydroxylation sites is 1. The fourth-order valence-corrected chi connectivity index (χ4v) is 4.33. The average Bonchev–Trinajstić information content (AvgIpc) is 2.80. The molecule has 3 rings (SSSR count). The van der Waals surface area contributed by atoms with Crippen molar-refractivity contribution >= 4 is 72.5 Å². The molecule has 0 saturated carbocycles. The van der Waals surface area contributed by atoms with Gasteiger partial charge in [-0.15, -0.1) is 0 Å². The molecule has 0 aliphatic rings. The van der Waals surface area contributed by atoms with Gasteiger partial charge in [-0.05, 0) is 52.3 Å². The van der Waals surface area contributed by atoms with E-state index < -0.39 is 27.1 Å². The van der Waals surface area contributed by atoms with Gasteiger partial charge in [-0.2, -0.15) is 5.26 Å². The first-order chi connectivity index (χ1) is 16.6. The number of nitrogens with zero attached hydrogens (tertiary/aromatic N) is 3. The first kappa shape index (κ1) is 25.8. The van der Waals surface area contributed by atoms with E-state index in [9.17, 15) is 30.3 Å². The van der Waals surface area contributed by atoms with Crippen molar-refractivity contribution in [2.45, 2.75) is 0 Å². The van der Waals surface area contributed by atoms with Crippen molar-refractivity contribution in [2.24, 2.45) is 0 Å². The van der Waals surface area contributed by atoms with Gasteiger partial charge >= 0.3 is 5.69 Å². The lowest BCUT2D eigenvalue weighted by Crippen LogP contribution is -2.13. The van der Waals surface area contributed by atoms with Crippen LogP contribution in [-0.4, -0.2) is 15.8 Å². The highest BCUT2D eigenvalue weighted by molar-refractivity contribution is 9.11. The van der Waals surface area contributed by atoms with Gasteiger partial charge in [-0.1, -0.05) is 39.7 Å². The molecule has 0 aliphatic heterocycles. The number of rotatable bonds is 7. The number of amides is 1. The summed E-state index contributed by atoms with van der Waals surface area (Å²) in [5, 5.41) is 34.9. The zero-order valence-electron chi connectivity index (χ0n) is 17.2. The van der Waals surface area contributed by atoms with Crippen LogP contribution in [0.4, 0.5) is 17.1 Å². The number of anilines is 1. The Morgan fingerprint density at radius 1 is 1.09 bits per heavy atom. The van der Waals surface area contributed by atoms with Crippen LogP contribution in [0, 0.1) is 31.6 Å². The summed E-state index contributed by atoms with van der Waals surface area (Å²) in [6, 6.07) is 14.3. The largest absolute Gasteiger partial charge is 0.448 e. The number of halogens is 3. The van der Waals surface area contributed by atoms with Crippen molar-refractivity contribution in [2.75, 3.05) is 5.32 Å². The molecule has 13 heteroatoms. The molecule has 0 saturated heterocycles. The fraction of sp³-hybridized carbons (Fsp3) is 0. The summed E-state index contributed by atoms with van der Waals surface area (Å²) in [5.74, 6) is -0.996. The molecule has 0 unspecified atom stereocenters. The van der Waals surface area contributed by atoms with E-state index >= 15 is 0 Å². The van der Waals surface area contributed by atoms with E-state index in [1.54, 1.807) is 36.4 Å². The van der Waals surface area contributed by atoms with E-state index in [2.05, 4.69) is 37.2 Å². The second-order valence-electron chi connectivity index (χ2n) is 6.68. The molecule has 0 atom stereocenters. The standard InChI is InChI=1S/C22H11Br2ClN4O6/c23-14-8-12(7-13(11-26)22(30)27-18-4-2-1-3-17(18)25)21(16(24)9-14)35-20-6-5-15(28(31)32)10-19(20)29(33)34/h1-10H,(H,27,30)/b13-7+. The Labute approximate surface area is 219 Å². The molecule has 35 heavy (non-hydrogen) atoms. The number of ether oxygens (including phenoxy) is 1. The number of nitro benzene ring substituents is 2. The minimum atomic E-state index is -0.817. The Kier molecular flexibility index (Phi) is 8.18. The van der Waals surface area contributed by atoms with Gasteiger partial charge < -0.3 is 10.1 Å². The number of benzene rings is 3. The summed E-state index contributed by atoms with van der Waals surface area (Å²) in [6.45, 7) is 0. The summed E-state index contributed by atoms with van der Waals surface area (Å²) >= 11 is 12.7. The van der Waals surface area contributed by atoms with Crippen LogP contribution in [0.1, 0.15) is 5.56 Å². The lowest BCUT2D eigenvalue weighted by atomic mass is 10.1. The molecule has 176 valence electrons. The molecule has 0 spiro atoms. The van der Waals surface area contributed by atoms with Gasteiger partial charge in [-0.3, -0.25) is 25.0 Å². The van der Waals surface area contributed by atoms with Crippen molar-refractivity contribution in [3.8, 4) is 17.6 Å². The second-order valence-corrected chi connectivity index (χ2v) is 8.86. The third-order valence-corrected chi connectivity index (χ3v) is 5.76. The molecular formula is C22H11Br2ClN4O6. The fourth-order valence-electron chi connectivity index (χ4n) is 2.81. The topological polar surface area (TPSA) is 148 Å². The van der Waals surface area contributed by atoms with E-state index in [0.29, 0.717) is 14.6 Å². The summed E-state index contributed by atoms with van der Waals surface area (Å²) in [4.78, 5) is 33.6. The molecule has 0 radical (unpaired) electrons. The van der Waals surface area contributed by atoms with E-state index in [0.717, 1.165) is 18.2 Å². The molecule has 3 aromatic carbocycles. The third kappa shape index (κ3) is 6.21. The molecule has 1 N–H and O–H groups in total. The molecule has 0 aliphatic carbocycles. The van der Waals surface area contributed by atoms with E-state index in [4.69, 9.17) is 16.3 Å². The highest BCUT2D eigenvalue weighted by Gasteiger charge is 2.23. The van der Waals surface area contributed by atoms with Crippen molar-refractivity contribution < 1.29 is 19.4 Å². The Morgan fingerprint density at radius 3 is 2.43 bits per heavy atom. The number of hydrogen-bond donors (Lipinski definition) is 1. The van der Waals surface area contributed by atoms with Crippen LogP contribution < -0.4 is 10.1 Å². The maximum Gasteiger partial charge on any atom is 0.318 e. The molecule has 10 nitrogen and oxygen atoms in total. The molecule has 3 aromatic rings. The van der Waals surface area contributed by atoms with E-state index in [1.165, 1.54) is 12.1 Å². The quantitative estimate of drug-likeness (QED) is 0.129. The monoisotopic (exact) mass is 620 g/mol. The number of non-ortho nitro benzene ring substituents is 1. The van der Waals surface area contributed by atoms with Crippen LogP contribution in [-0.2, 0) is 4.79 Å². The van der Waals surface area contributed by atoms with Gasteiger partial charge in [0.2, 0.25) is 5.75 Å². The first-order valence-electron chi connectivity index (χ1n) is 9.38. The number of carbonyl (C=O) groups is 1. The highest BCUT2D eigenvalue weighted by Crippen LogP contribution is 2.41. The Morgan fingerprint density at radius 2 is 1.80 bits per heavy atom. The highest BCUT2D eigenvalue weighted by atomic mass is 79.9. The van der Waals surface area contributed by atoms with Crippen LogP contribution in [0.15, 0.2) is 69.1 Å². The van der Waals surface area contributed by atoms with Gasteiger partial charge in [0.15, 0.2) is 0 Å². The summed E-state index contributed by atoms with van der Waals surface area (Å²) in [7, 11) is 0. The van der Waals surface area contributed by atoms with E-state index in [1.807, 2.05) is 0 Å².